The fourth-order valence-corrected chi connectivity index (χ4v) is 2.44. The van der Waals surface area contributed by atoms with Gasteiger partial charge in [0.2, 0.25) is 0 Å². The van der Waals surface area contributed by atoms with Crippen LogP contribution >= 0.6 is 0 Å². The van der Waals surface area contributed by atoms with Gasteiger partial charge >= 0.3 is 0 Å². The lowest BCUT2D eigenvalue weighted by atomic mass is 10.2. The molecule has 0 radical (unpaired) electrons. The largest absolute Gasteiger partial charge is 0.384 e. The van der Waals surface area contributed by atoms with Crippen LogP contribution in [0.3, 0.4) is 0 Å². The Kier molecular flexibility index (Phi) is 5.02. The maximum Gasteiger partial charge on any atom is 0.0370 e. The Morgan fingerprint density at radius 1 is 1.11 bits per heavy atom. The molecule has 1 aromatic rings. The number of rotatable bonds is 4. The summed E-state index contributed by atoms with van der Waals surface area (Å²) in [6.07, 6.45) is 1.29. The van der Waals surface area contributed by atoms with Crippen LogP contribution in [0.15, 0.2) is 24.3 Å². The van der Waals surface area contributed by atoms with Gasteiger partial charge in [0.1, 0.15) is 0 Å². The van der Waals surface area contributed by atoms with Crippen LogP contribution in [-0.4, -0.2) is 56.1 Å². The molecule has 0 aliphatic carbocycles. The van der Waals surface area contributed by atoms with Gasteiger partial charge in [0.15, 0.2) is 0 Å². The quantitative estimate of drug-likeness (QED) is 0.878. The Morgan fingerprint density at radius 2 is 1.94 bits per heavy atom. The van der Waals surface area contributed by atoms with E-state index in [1.54, 1.807) is 0 Å². The minimum atomic E-state index is 1.04. The lowest BCUT2D eigenvalue weighted by Gasteiger charge is -2.20. The van der Waals surface area contributed by atoms with Gasteiger partial charge in [-0.05, 0) is 45.1 Å². The molecule has 0 atom stereocenters. The average Bonchev–Trinajstić information content (AvgIpc) is 2.57. The average molecular weight is 247 g/mol. The molecule has 3 nitrogen and oxygen atoms in total. The van der Waals surface area contributed by atoms with Crippen molar-refractivity contribution in [3.8, 4) is 0 Å². The molecule has 0 bridgehead atoms. The Labute approximate surface area is 111 Å². The summed E-state index contributed by atoms with van der Waals surface area (Å²) in [6.45, 7) is 9.21. The summed E-state index contributed by atoms with van der Waals surface area (Å²) in [4.78, 5) is 4.99. The van der Waals surface area contributed by atoms with Crippen LogP contribution in [0.1, 0.15) is 12.0 Å². The van der Waals surface area contributed by atoms with Gasteiger partial charge in [-0.3, -0.25) is 0 Å². The van der Waals surface area contributed by atoms with Crippen molar-refractivity contribution in [2.75, 3.05) is 51.6 Å². The van der Waals surface area contributed by atoms with E-state index in [0.29, 0.717) is 0 Å². The maximum atomic E-state index is 3.54. The minimum Gasteiger partial charge on any atom is -0.384 e. The molecule has 1 saturated heterocycles. The molecule has 2 rings (SSSR count). The van der Waals surface area contributed by atoms with E-state index in [9.17, 15) is 0 Å². The van der Waals surface area contributed by atoms with E-state index < -0.39 is 0 Å². The summed E-state index contributed by atoms with van der Waals surface area (Å²) in [5, 5.41) is 3.54. The number of para-hydroxylation sites is 1. The first-order chi connectivity index (χ1) is 8.75. The number of hydrogen-bond donors (Lipinski definition) is 1. The number of benzene rings is 1. The zero-order chi connectivity index (χ0) is 12.8. The third-order valence-electron chi connectivity index (χ3n) is 3.70. The van der Waals surface area contributed by atoms with Crippen molar-refractivity contribution in [3.05, 3.63) is 29.8 Å². The topological polar surface area (TPSA) is 18.5 Å². The molecule has 100 valence electrons. The number of anilines is 1. The van der Waals surface area contributed by atoms with Crippen LogP contribution in [0.25, 0.3) is 0 Å². The second-order valence-corrected chi connectivity index (χ2v) is 5.24. The lowest BCUT2D eigenvalue weighted by molar-refractivity contribution is 0.285. The van der Waals surface area contributed by atoms with E-state index in [4.69, 9.17) is 0 Å². The van der Waals surface area contributed by atoms with E-state index in [-0.39, 0.29) is 0 Å². The fraction of sp³-hybridized carbons (Fsp3) is 0.600. The van der Waals surface area contributed by atoms with Crippen molar-refractivity contribution >= 4 is 5.69 Å². The van der Waals surface area contributed by atoms with E-state index in [1.165, 1.54) is 43.9 Å². The normalized spacial score (nSPS) is 18.6. The zero-order valence-corrected chi connectivity index (χ0v) is 11.7. The third kappa shape index (κ3) is 4.00. The molecule has 1 aliphatic rings. The van der Waals surface area contributed by atoms with Gasteiger partial charge in [0, 0.05) is 31.9 Å². The number of nitrogens with zero attached hydrogens (tertiary/aromatic N) is 2. The molecule has 0 spiro atoms. The summed E-state index contributed by atoms with van der Waals surface area (Å²) < 4.78 is 0. The molecule has 0 unspecified atom stereocenters. The maximum absolute atomic E-state index is 3.54. The first-order valence-corrected chi connectivity index (χ1v) is 6.96. The summed E-state index contributed by atoms with van der Waals surface area (Å²) in [6, 6.07) is 8.50. The van der Waals surface area contributed by atoms with Crippen LogP contribution in [-0.2, 0) is 0 Å². The molecular weight excluding hydrogens is 222 g/mol. The van der Waals surface area contributed by atoms with Crippen molar-refractivity contribution < 1.29 is 0 Å². The molecule has 1 heterocycles. The monoisotopic (exact) mass is 247 g/mol. The molecule has 1 fully saturated rings. The zero-order valence-electron chi connectivity index (χ0n) is 11.7. The molecule has 0 aromatic heterocycles. The third-order valence-corrected chi connectivity index (χ3v) is 3.70. The van der Waals surface area contributed by atoms with E-state index in [2.05, 4.69) is 53.4 Å². The first kappa shape index (κ1) is 13.4. The first-order valence-electron chi connectivity index (χ1n) is 6.96. The molecule has 1 aliphatic heterocycles. The Balaban J connectivity index is 1.73. The van der Waals surface area contributed by atoms with Gasteiger partial charge in [-0.1, -0.05) is 18.2 Å². The van der Waals surface area contributed by atoms with Gasteiger partial charge in [0.25, 0.3) is 0 Å². The summed E-state index contributed by atoms with van der Waals surface area (Å²) in [5.74, 6) is 0. The van der Waals surface area contributed by atoms with Crippen molar-refractivity contribution in [3.63, 3.8) is 0 Å². The number of likely N-dealkylation sites (N-methyl/N-ethyl adjacent to an activating group) is 1. The molecule has 3 heteroatoms. The number of aryl methyl sites for hydroxylation is 1. The highest BCUT2D eigenvalue weighted by Gasteiger charge is 2.11. The van der Waals surface area contributed by atoms with Crippen LogP contribution in [0.5, 0.6) is 0 Å². The smallest absolute Gasteiger partial charge is 0.0370 e. The molecular formula is C15H25N3. The van der Waals surface area contributed by atoms with Crippen LogP contribution < -0.4 is 5.32 Å². The standard InChI is InChI=1S/C15H25N3/c1-14-6-3-4-7-15(14)16-8-11-18-10-5-9-17(2)12-13-18/h3-4,6-7,16H,5,8-13H2,1-2H3. The summed E-state index contributed by atoms with van der Waals surface area (Å²) in [5.41, 5.74) is 2.59. The fourth-order valence-electron chi connectivity index (χ4n) is 2.44. The molecule has 1 N–H and O–H groups in total. The lowest BCUT2D eigenvalue weighted by Crippen LogP contribution is -2.32. The van der Waals surface area contributed by atoms with Crippen molar-refractivity contribution in [1.29, 1.82) is 0 Å². The second kappa shape index (κ2) is 6.76. The van der Waals surface area contributed by atoms with Crippen molar-refractivity contribution in [2.24, 2.45) is 0 Å². The number of nitrogens with one attached hydrogen (secondary N) is 1. The minimum absolute atomic E-state index is 1.04. The van der Waals surface area contributed by atoms with Gasteiger partial charge in [-0.2, -0.15) is 0 Å². The van der Waals surface area contributed by atoms with Crippen molar-refractivity contribution in [1.82, 2.24) is 9.80 Å². The van der Waals surface area contributed by atoms with E-state index in [1.807, 2.05) is 0 Å². The highest BCUT2D eigenvalue weighted by molar-refractivity contribution is 5.50. The van der Waals surface area contributed by atoms with Gasteiger partial charge in [0.05, 0.1) is 0 Å². The van der Waals surface area contributed by atoms with Crippen LogP contribution in [0.4, 0.5) is 5.69 Å². The highest BCUT2D eigenvalue weighted by atomic mass is 15.2. The van der Waals surface area contributed by atoms with Crippen LogP contribution in [0.2, 0.25) is 0 Å². The van der Waals surface area contributed by atoms with Crippen LogP contribution in [0, 0.1) is 6.92 Å². The van der Waals surface area contributed by atoms with Gasteiger partial charge in [-0.25, -0.2) is 0 Å². The van der Waals surface area contributed by atoms with Gasteiger partial charge in [-0.15, -0.1) is 0 Å². The number of hydrogen-bond acceptors (Lipinski definition) is 3. The Morgan fingerprint density at radius 3 is 2.78 bits per heavy atom. The molecule has 0 saturated carbocycles. The van der Waals surface area contributed by atoms with Gasteiger partial charge < -0.3 is 15.1 Å². The van der Waals surface area contributed by atoms with E-state index in [0.717, 1.165) is 13.1 Å². The Hall–Kier alpha value is -1.06. The Bertz CT molecular complexity index is 365. The molecule has 18 heavy (non-hydrogen) atoms. The summed E-state index contributed by atoms with van der Waals surface area (Å²) in [7, 11) is 2.22. The predicted octanol–water partition coefficient (Wildman–Crippen LogP) is 2.04. The molecule has 0 amide bonds. The molecule has 1 aromatic carbocycles. The predicted molar refractivity (Wildman–Crippen MR) is 78.2 cm³/mol. The second-order valence-electron chi connectivity index (χ2n) is 5.24. The van der Waals surface area contributed by atoms with E-state index >= 15 is 0 Å². The summed E-state index contributed by atoms with van der Waals surface area (Å²) >= 11 is 0. The SMILES string of the molecule is Cc1ccccc1NCCN1CCCN(C)CC1. The van der Waals surface area contributed by atoms with Crippen molar-refractivity contribution in [2.45, 2.75) is 13.3 Å². The highest BCUT2D eigenvalue weighted by Crippen LogP contribution is 2.12.